The number of nitrogens with zero attached hydrogens (tertiary/aromatic N) is 4. The summed E-state index contributed by atoms with van der Waals surface area (Å²) in [4.78, 5) is 14.8. The van der Waals surface area contributed by atoms with E-state index in [1.807, 2.05) is 27.7 Å². The molecule has 1 unspecified atom stereocenters. The normalized spacial score (nSPS) is 17.0. The van der Waals surface area contributed by atoms with Crippen LogP contribution in [0.3, 0.4) is 0 Å². The number of amides is 1. The first-order valence-electron chi connectivity index (χ1n) is 9.09. The molecule has 1 atom stereocenters. The number of aromatic nitrogens is 3. The fourth-order valence-corrected chi connectivity index (χ4v) is 3.95. The number of benzene rings is 1. The lowest BCUT2D eigenvalue weighted by Crippen LogP contribution is -2.38. The van der Waals surface area contributed by atoms with E-state index in [0.29, 0.717) is 18.8 Å². The lowest BCUT2D eigenvalue weighted by Gasteiger charge is -2.25. The SMILES string of the molecule is CC(C)n1cnnc1SCC(=O)N(Cc1ccccc1)CC1CCCO1. The molecule has 0 radical (unpaired) electrons. The number of hydrogen-bond donors (Lipinski definition) is 0. The van der Waals surface area contributed by atoms with Gasteiger partial charge in [-0.2, -0.15) is 0 Å². The molecule has 1 aromatic heterocycles. The Balaban J connectivity index is 1.64. The second-order valence-electron chi connectivity index (χ2n) is 6.80. The predicted molar refractivity (Wildman–Crippen MR) is 102 cm³/mol. The maximum atomic E-state index is 12.9. The van der Waals surface area contributed by atoms with Gasteiger partial charge in [0.05, 0.1) is 11.9 Å². The molecule has 0 N–H and O–H groups in total. The van der Waals surface area contributed by atoms with Gasteiger partial charge >= 0.3 is 0 Å². The van der Waals surface area contributed by atoms with Crippen LogP contribution in [-0.4, -0.2) is 50.6 Å². The van der Waals surface area contributed by atoms with Crippen molar-refractivity contribution in [1.82, 2.24) is 19.7 Å². The Morgan fingerprint density at radius 3 is 2.88 bits per heavy atom. The number of carbonyl (C=O) groups is 1. The number of rotatable bonds is 8. The molecule has 7 heteroatoms. The first kappa shape index (κ1) is 18.9. The van der Waals surface area contributed by atoms with E-state index >= 15 is 0 Å². The average molecular weight is 375 g/mol. The lowest BCUT2D eigenvalue weighted by atomic mass is 10.2. The molecule has 1 aliphatic heterocycles. The number of carbonyl (C=O) groups excluding carboxylic acids is 1. The third-order valence-electron chi connectivity index (χ3n) is 4.44. The van der Waals surface area contributed by atoms with E-state index in [-0.39, 0.29) is 18.1 Å². The van der Waals surface area contributed by atoms with E-state index in [2.05, 4.69) is 36.2 Å². The van der Waals surface area contributed by atoms with Crippen molar-refractivity contribution in [2.75, 3.05) is 18.9 Å². The summed E-state index contributed by atoms with van der Waals surface area (Å²) in [6.07, 6.45) is 3.95. The number of thioether (sulfide) groups is 1. The van der Waals surface area contributed by atoms with Gasteiger partial charge in [0.25, 0.3) is 0 Å². The minimum absolute atomic E-state index is 0.104. The molecule has 1 fully saturated rings. The fraction of sp³-hybridized carbons (Fsp3) is 0.526. The van der Waals surface area contributed by atoms with Gasteiger partial charge in [0.2, 0.25) is 5.91 Å². The van der Waals surface area contributed by atoms with Crippen LogP contribution in [0.25, 0.3) is 0 Å². The van der Waals surface area contributed by atoms with Crippen LogP contribution in [0.2, 0.25) is 0 Å². The highest BCUT2D eigenvalue weighted by atomic mass is 32.2. The Kier molecular flexibility index (Phi) is 6.68. The van der Waals surface area contributed by atoms with Gasteiger partial charge in [-0.25, -0.2) is 0 Å². The van der Waals surface area contributed by atoms with Crippen molar-refractivity contribution < 1.29 is 9.53 Å². The van der Waals surface area contributed by atoms with Gasteiger partial charge in [-0.15, -0.1) is 10.2 Å². The Bertz CT molecular complexity index is 699. The highest BCUT2D eigenvalue weighted by molar-refractivity contribution is 7.99. The van der Waals surface area contributed by atoms with Crippen molar-refractivity contribution in [2.45, 2.75) is 50.5 Å². The zero-order chi connectivity index (χ0) is 18.4. The summed E-state index contributed by atoms with van der Waals surface area (Å²) in [6, 6.07) is 10.4. The maximum Gasteiger partial charge on any atom is 0.233 e. The standard InChI is InChI=1S/C19H26N4O2S/c1-15(2)23-14-20-21-19(23)26-13-18(24)22(12-17-9-6-10-25-17)11-16-7-4-3-5-8-16/h3-5,7-8,14-15,17H,6,9-13H2,1-2H3. The van der Waals surface area contributed by atoms with Gasteiger partial charge in [0.15, 0.2) is 5.16 Å². The summed E-state index contributed by atoms with van der Waals surface area (Å²) in [5.41, 5.74) is 1.13. The van der Waals surface area contributed by atoms with Crippen LogP contribution in [0, 0.1) is 0 Å². The van der Waals surface area contributed by atoms with Crippen molar-refractivity contribution in [3.8, 4) is 0 Å². The first-order valence-corrected chi connectivity index (χ1v) is 10.1. The van der Waals surface area contributed by atoms with Gasteiger partial charge < -0.3 is 14.2 Å². The minimum atomic E-state index is 0.104. The van der Waals surface area contributed by atoms with Crippen molar-refractivity contribution in [1.29, 1.82) is 0 Å². The third-order valence-corrected chi connectivity index (χ3v) is 5.38. The smallest absolute Gasteiger partial charge is 0.233 e. The second-order valence-corrected chi connectivity index (χ2v) is 7.74. The molecule has 0 aliphatic carbocycles. The number of hydrogen-bond acceptors (Lipinski definition) is 5. The topological polar surface area (TPSA) is 60.2 Å². The zero-order valence-electron chi connectivity index (χ0n) is 15.4. The van der Waals surface area contributed by atoms with Crippen molar-refractivity contribution in [3.05, 3.63) is 42.2 Å². The largest absolute Gasteiger partial charge is 0.376 e. The van der Waals surface area contributed by atoms with Crippen LogP contribution in [0.5, 0.6) is 0 Å². The average Bonchev–Trinajstić information content (AvgIpc) is 3.31. The van der Waals surface area contributed by atoms with E-state index in [4.69, 9.17) is 4.74 Å². The Morgan fingerprint density at radius 2 is 2.19 bits per heavy atom. The second kappa shape index (κ2) is 9.19. The number of ether oxygens (including phenoxy) is 1. The summed E-state index contributed by atoms with van der Waals surface area (Å²) in [5.74, 6) is 0.456. The zero-order valence-corrected chi connectivity index (χ0v) is 16.2. The molecule has 1 amide bonds. The minimum Gasteiger partial charge on any atom is -0.376 e. The third kappa shape index (κ3) is 5.08. The molecule has 26 heavy (non-hydrogen) atoms. The molecule has 1 saturated heterocycles. The highest BCUT2D eigenvalue weighted by Gasteiger charge is 2.23. The van der Waals surface area contributed by atoms with Gasteiger partial charge in [0, 0.05) is 25.7 Å². The molecule has 0 bridgehead atoms. The fourth-order valence-electron chi connectivity index (χ4n) is 3.00. The van der Waals surface area contributed by atoms with Crippen molar-refractivity contribution in [2.24, 2.45) is 0 Å². The van der Waals surface area contributed by atoms with E-state index in [1.165, 1.54) is 11.8 Å². The van der Waals surface area contributed by atoms with Gasteiger partial charge in [-0.1, -0.05) is 42.1 Å². The van der Waals surface area contributed by atoms with Crippen LogP contribution in [0.15, 0.2) is 41.8 Å². The quantitative estimate of drug-likeness (QED) is 0.664. The van der Waals surface area contributed by atoms with Gasteiger partial charge in [0.1, 0.15) is 6.33 Å². The Hall–Kier alpha value is -1.86. The van der Waals surface area contributed by atoms with Crippen molar-refractivity contribution in [3.63, 3.8) is 0 Å². The predicted octanol–water partition coefficient (Wildman–Crippen LogP) is 3.16. The van der Waals surface area contributed by atoms with Crippen LogP contribution in [0.1, 0.15) is 38.3 Å². The molecule has 140 valence electrons. The van der Waals surface area contributed by atoms with E-state index < -0.39 is 0 Å². The molecule has 1 aromatic carbocycles. The maximum absolute atomic E-state index is 12.9. The van der Waals surface area contributed by atoms with Gasteiger partial charge in [-0.05, 0) is 32.3 Å². The Morgan fingerprint density at radius 1 is 1.38 bits per heavy atom. The summed E-state index contributed by atoms with van der Waals surface area (Å²) in [5, 5.41) is 8.88. The molecule has 1 aliphatic rings. The summed E-state index contributed by atoms with van der Waals surface area (Å²) in [7, 11) is 0. The lowest BCUT2D eigenvalue weighted by molar-refractivity contribution is -0.130. The van der Waals surface area contributed by atoms with Crippen LogP contribution >= 0.6 is 11.8 Å². The first-order chi connectivity index (χ1) is 12.6. The monoisotopic (exact) mass is 374 g/mol. The van der Waals surface area contributed by atoms with Crippen molar-refractivity contribution >= 4 is 17.7 Å². The van der Waals surface area contributed by atoms with E-state index in [1.54, 1.807) is 6.33 Å². The Labute approximate surface area is 158 Å². The molecule has 0 spiro atoms. The summed E-state index contributed by atoms with van der Waals surface area (Å²) < 4.78 is 7.73. The van der Waals surface area contributed by atoms with Gasteiger partial charge in [-0.3, -0.25) is 4.79 Å². The van der Waals surface area contributed by atoms with Crippen LogP contribution in [-0.2, 0) is 16.1 Å². The molecule has 3 rings (SSSR count). The van der Waals surface area contributed by atoms with Crippen LogP contribution in [0.4, 0.5) is 0 Å². The molecule has 0 saturated carbocycles. The molecule has 6 nitrogen and oxygen atoms in total. The highest BCUT2D eigenvalue weighted by Crippen LogP contribution is 2.21. The summed E-state index contributed by atoms with van der Waals surface area (Å²) >= 11 is 1.44. The molecule has 2 heterocycles. The summed E-state index contributed by atoms with van der Waals surface area (Å²) in [6.45, 7) is 6.20. The molecular weight excluding hydrogens is 348 g/mol. The molecule has 2 aromatic rings. The van der Waals surface area contributed by atoms with E-state index in [9.17, 15) is 4.79 Å². The van der Waals surface area contributed by atoms with E-state index in [0.717, 1.165) is 30.2 Å². The molecular formula is C19H26N4O2S. The van der Waals surface area contributed by atoms with Crippen LogP contribution < -0.4 is 0 Å².